The van der Waals surface area contributed by atoms with E-state index in [-0.39, 0.29) is 29.9 Å². The van der Waals surface area contributed by atoms with Crippen molar-refractivity contribution in [2.45, 2.75) is 89.8 Å². The van der Waals surface area contributed by atoms with Gasteiger partial charge in [0.15, 0.2) is 6.23 Å². The maximum Gasteiger partial charge on any atom is 0.412 e. The lowest BCUT2D eigenvalue weighted by Gasteiger charge is -2.53. The average molecular weight is 405 g/mol. The van der Waals surface area contributed by atoms with Crippen LogP contribution in [-0.2, 0) is 20.9 Å². The molecule has 0 aromatic heterocycles. The third-order valence-electron chi connectivity index (χ3n) is 6.11. The van der Waals surface area contributed by atoms with Crippen LogP contribution in [0, 0.1) is 0 Å². The van der Waals surface area contributed by atoms with Gasteiger partial charge in [0.25, 0.3) is 0 Å². The normalized spacial score (nSPS) is 26.9. The number of carbonyl (C=O) groups is 1. The standard InChI is InChI=1S/C23H36N2O4/c1-22(2)14-10-15-23(3,4)25(22)29-19-13-9-16-24(20(19)27-5)21(26)28-17-18-11-7-6-8-12-18/h6-8,11-12,19-20H,9-10,13-17H2,1-5H3. The summed E-state index contributed by atoms with van der Waals surface area (Å²) in [6.45, 7) is 9.77. The van der Waals surface area contributed by atoms with Gasteiger partial charge in [0.05, 0.1) is 0 Å². The summed E-state index contributed by atoms with van der Waals surface area (Å²) in [6, 6.07) is 9.72. The lowest BCUT2D eigenvalue weighted by atomic mass is 9.82. The molecule has 2 fully saturated rings. The van der Waals surface area contributed by atoms with Crippen molar-refractivity contribution in [3.8, 4) is 0 Å². The Morgan fingerprint density at radius 1 is 1.07 bits per heavy atom. The Morgan fingerprint density at radius 2 is 1.72 bits per heavy atom. The van der Waals surface area contributed by atoms with Crippen LogP contribution >= 0.6 is 0 Å². The fourth-order valence-electron chi connectivity index (χ4n) is 4.71. The van der Waals surface area contributed by atoms with Crippen LogP contribution in [0.2, 0.25) is 0 Å². The Bertz CT molecular complexity index is 661. The number of ether oxygens (including phenoxy) is 2. The second-order valence-electron chi connectivity index (χ2n) is 9.42. The Kier molecular flexibility index (Phi) is 6.87. The van der Waals surface area contributed by atoms with Crippen molar-refractivity contribution >= 4 is 6.09 Å². The van der Waals surface area contributed by atoms with Crippen molar-refractivity contribution in [3.05, 3.63) is 35.9 Å². The van der Waals surface area contributed by atoms with E-state index in [1.165, 1.54) is 6.42 Å². The van der Waals surface area contributed by atoms with Gasteiger partial charge in [-0.1, -0.05) is 30.3 Å². The summed E-state index contributed by atoms with van der Waals surface area (Å²) < 4.78 is 11.3. The molecule has 29 heavy (non-hydrogen) atoms. The van der Waals surface area contributed by atoms with Gasteiger partial charge in [0, 0.05) is 24.7 Å². The molecule has 6 nitrogen and oxygen atoms in total. The second-order valence-corrected chi connectivity index (χ2v) is 9.42. The molecule has 0 radical (unpaired) electrons. The van der Waals surface area contributed by atoms with Gasteiger partial charge < -0.3 is 9.47 Å². The summed E-state index contributed by atoms with van der Waals surface area (Å²) in [5.41, 5.74) is 0.850. The van der Waals surface area contributed by atoms with Crippen LogP contribution in [0.1, 0.15) is 65.4 Å². The number of nitrogens with zero attached hydrogens (tertiary/aromatic N) is 2. The molecule has 2 aliphatic rings. The molecule has 1 amide bonds. The molecule has 2 atom stereocenters. The highest BCUT2D eigenvalue weighted by molar-refractivity contribution is 5.68. The fourth-order valence-corrected chi connectivity index (χ4v) is 4.71. The predicted molar refractivity (Wildman–Crippen MR) is 112 cm³/mol. The SMILES string of the molecule is COC1C(ON2C(C)(C)CCCC2(C)C)CCCN1C(=O)OCc1ccccc1. The van der Waals surface area contributed by atoms with Crippen LogP contribution in [0.15, 0.2) is 30.3 Å². The first-order chi connectivity index (χ1) is 13.7. The summed E-state index contributed by atoms with van der Waals surface area (Å²) in [5.74, 6) is 0. The van der Waals surface area contributed by atoms with Crippen molar-refractivity contribution in [1.82, 2.24) is 9.96 Å². The molecular weight excluding hydrogens is 368 g/mol. The first kappa shape index (κ1) is 22.1. The number of piperidine rings is 2. The zero-order valence-electron chi connectivity index (χ0n) is 18.5. The quantitative estimate of drug-likeness (QED) is 0.710. The smallest absolute Gasteiger partial charge is 0.412 e. The highest BCUT2D eigenvalue weighted by Gasteiger charge is 2.46. The molecule has 2 heterocycles. The number of hydroxylamine groups is 2. The fraction of sp³-hybridized carbons (Fsp3) is 0.696. The van der Waals surface area contributed by atoms with E-state index >= 15 is 0 Å². The van der Waals surface area contributed by atoms with Gasteiger partial charge in [0.1, 0.15) is 12.7 Å². The van der Waals surface area contributed by atoms with Gasteiger partial charge in [-0.2, -0.15) is 5.06 Å². The number of amides is 1. The van der Waals surface area contributed by atoms with E-state index in [0.29, 0.717) is 6.54 Å². The molecule has 2 saturated heterocycles. The van der Waals surface area contributed by atoms with Crippen molar-refractivity contribution in [1.29, 1.82) is 0 Å². The molecular formula is C23H36N2O4. The number of methoxy groups -OCH3 is 1. The maximum atomic E-state index is 12.8. The average Bonchev–Trinajstić information content (AvgIpc) is 2.69. The van der Waals surface area contributed by atoms with E-state index in [2.05, 4.69) is 32.8 Å². The minimum absolute atomic E-state index is 0.0594. The lowest BCUT2D eigenvalue weighted by molar-refractivity contribution is -0.331. The van der Waals surface area contributed by atoms with E-state index in [1.807, 2.05) is 30.3 Å². The third kappa shape index (κ3) is 5.11. The van der Waals surface area contributed by atoms with Gasteiger partial charge in [-0.15, -0.1) is 0 Å². The number of likely N-dealkylation sites (tertiary alicyclic amines) is 1. The van der Waals surface area contributed by atoms with Gasteiger partial charge in [-0.25, -0.2) is 4.79 Å². The topological polar surface area (TPSA) is 51.2 Å². The first-order valence-electron chi connectivity index (χ1n) is 10.7. The number of carbonyl (C=O) groups excluding carboxylic acids is 1. The highest BCUT2D eigenvalue weighted by atomic mass is 16.7. The number of hydrogen-bond donors (Lipinski definition) is 0. The number of hydrogen-bond acceptors (Lipinski definition) is 5. The minimum Gasteiger partial charge on any atom is -0.444 e. The van der Waals surface area contributed by atoms with Crippen LogP contribution in [0.5, 0.6) is 0 Å². The Labute approximate surface area is 175 Å². The van der Waals surface area contributed by atoms with E-state index in [0.717, 1.165) is 31.2 Å². The van der Waals surface area contributed by atoms with Crippen LogP contribution in [-0.4, -0.2) is 53.1 Å². The zero-order valence-corrected chi connectivity index (χ0v) is 18.5. The van der Waals surface area contributed by atoms with Gasteiger partial charge in [-0.05, 0) is 65.4 Å². The molecule has 1 aromatic rings. The molecule has 2 unspecified atom stereocenters. The predicted octanol–water partition coefficient (Wildman–Crippen LogP) is 4.73. The van der Waals surface area contributed by atoms with Crippen LogP contribution in [0.25, 0.3) is 0 Å². The lowest BCUT2D eigenvalue weighted by Crippen LogP contribution is -2.62. The second kappa shape index (κ2) is 9.02. The summed E-state index contributed by atoms with van der Waals surface area (Å²) >= 11 is 0. The highest BCUT2D eigenvalue weighted by Crippen LogP contribution is 2.40. The Balaban J connectivity index is 1.68. The molecule has 0 bridgehead atoms. The summed E-state index contributed by atoms with van der Waals surface area (Å²) in [5, 5.41) is 2.15. The van der Waals surface area contributed by atoms with Gasteiger partial charge >= 0.3 is 6.09 Å². The van der Waals surface area contributed by atoms with Crippen LogP contribution in [0.4, 0.5) is 4.79 Å². The van der Waals surface area contributed by atoms with Crippen molar-refractivity contribution < 1.29 is 19.1 Å². The van der Waals surface area contributed by atoms with E-state index in [4.69, 9.17) is 14.3 Å². The van der Waals surface area contributed by atoms with Crippen LogP contribution < -0.4 is 0 Å². The minimum atomic E-state index is -0.458. The molecule has 6 heteroatoms. The summed E-state index contributed by atoms with van der Waals surface area (Å²) in [6.07, 6.45) is 4.05. The number of benzene rings is 1. The molecule has 2 aliphatic heterocycles. The Hall–Kier alpha value is -1.63. The molecule has 3 rings (SSSR count). The molecule has 162 valence electrons. The molecule has 0 spiro atoms. The first-order valence-corrected chi connectivity index (χ1v) is 10.7. The Morgan fingerprint density at radius 3 is 2.34 bits per heavy atom. The maximum absolute atomic E-state index is 12.8. The van der Waals surface area contributed by atoms with Crippen molar-refractivity contribution in [2.24, 2.45) is 0 Å². The molecule has 1 aromatic carbocycles. The number of rotatable bonds is 5. The van der Waals surface area contributed by atoms with Crippen molar-refractivity contribution in [3.63, 3.8) is 0 Å². The largest absolute Gasteiger partial charge is 0.444 e. The monoisotopic (exact) mass is 404 g/mol. The van der Waals surface area contributed by atoms with Crippen molar-refractivity contribution in [2.75, 3.05) is 13.7 Å². The molecule has 0 aliphatic carbocycles. The van der Waals surface area contributed by atoms with E-state index in [9.17, 15) is 4.79 Å². The zero-order chi connectivity index (χ0) is 21.1. The van der Waals surface area contributed by atoms with Gasteiger partial charge in [0.2, 0.25) is 0 Å². The van der Waals surface area contributed by atoms with E-state index in [1.54, 1.807) is 12.0 Å². The van der Waals surface area contributed by atoms with Gasteiger partial charge in [-0.3, -0.25) is 9.74 Å². The molecule has 0 saturated carbocycles. The van der Waals surface area contributed by atoms with Crippen LogP contribution in [0.3, 0.4) is 0 Å². The summed E-state index contributed by atoms with van der Waals surface area (Å²) in [4.78, 5) is 21.0. The molecule has 0 N–H and O–H groups in total. The summed E-state index contributed by atoms with van der Waals surface area (Å²) in [7, 11) is 1.64. The third-order valence-corrected chi connectivity index (χ3v) is 6.11. The van der Waals surface area contributed by atoms with E-state index < -0.39 is 6.23 Å².